The van der Waals surface area contributed by atoms with E-state index in [1.54, 1.807) is 24.5 Å². The maximum Gasteiger partial charge on any atom is 0.430 e. The fourth-order valence-corrected chi connectivity index (χ4v) is 5.09. The molecule has 2 aromatic carbocycles. The Morgan fingerprint density at radius 1 is 0.837 bits per heavy atom. The molecule has 1 atom stereocenters. The predicted octanol–water partition coefficient (Wildman–Crippen LogP) is 4.67. The van der Waals surface area contributed by atoms with Gasteiger partial charge in [-0.15, -0.1) is 0 Å². The van der Waals surface area contributed by atoms with Crippen molar-refractivity contribution in [2.24, 2.45) is 0 Å². The molecule has 13 heteroatoms. The summed E-state index contributed by atoms with van der Waals surface area (Å²) >= 11 is 0. The molecule has 1 saturated heterocycles. The third kappa shape index (κ3) is 7.71. The Balaban J connectivity index is 1.43. The summed E-state index contributed by atoms with van der Waals surface area (Å²) in [6, 6.07) is 14.2. The van der Waals surface area contributed by atoms with E-state index in [0.717, 1.165) is 29.8 Å². The molecule has 0 radical (unpaired) electrons. The second-order valence-corrected chi connectivity index (χ2v) is 10.3. The summed E-state index contributed by atoms with van der Waals surface area (Å²) in [6.07, 6.45) is -8.33. The first-order chi connectivity index (χ1) is 20.3. The van der Waals surface area contributed by atoms with Gasteiger partial charge in [0.15, 0.2) is 0 Å². The highest BCUT2D eigenvalue weighted by molar-refractivity contribution is 5.70. The van der Waals surface area contributed by atoms with Gasteiger partial charge in [-0.25, -0.2) is 0 Å². The van der Waals surface area contributed by atoms with Gasteiger partial charge >= 0.3 is 18.3 Å². The Morgan fingerprint density at radius 2 is 1.40 bits per heavy atom. The summed E-state index contributed by atoms with van der Waals surface area (Å²) in [4.78, 5) is 20.8. The smallest absolute Gasteiger partial charge is 0.430 e. The van der Waals surface area contributed by atoms with E-state index in [1.165, 1.54) is 0 Å². The fourth-order valence-electron chi connectivity index (χ4n) is 5.09. The monoisotopic (exact) mass is 611 g/mol. The molecule has 0 aliphatic carbocycles. The predicted molar refractivity (Wildman–Crippen MR) is 144 cm³/mol. The number of esters is 1. The Labute approximate surface area is 244 Å². The van der Waals surface area contributed by atoms with E-state index in [9.17, 15) is 36.2 Å². The number of aromatic nitrogens is 1. The number of carbonyl (C=O) groups is 1. The molecule has 1 aliphatic heterocycles. The van der Waals surface area contributed by atoms with Gasteiger partial charge in [-0.2, -0.15) is 26.3 Å². The van der Waals surface area contributed by atoms with Crippen molar-refractivity contribution < 1.29 is 46.1 Å². The highest BCUT2D eigenvalue weighted by atomic mass is 19.4. The maximum absolute atomic E-state index is 13.2. The van der Waals surface area contributed by atoms with Gasteiger partial charge in [-0.1, -0.05) is 48.5 Å². The molecule has 1 aromatic heterocycles. The third-order valence-electron chi connectivity index (χ3n) is 7.40. The molecule has 0 unspecified atom stereocenters. The molecule has 4 rings (SSSR count). The van der Waals surface area contributed by atoms with Crippen molar-refractivity contribution in [3.05, 3.63) is 89.7 Å². The maximum atomic E-state index is 13.2. The van der Waals surface area contributed by atoms with Gasteiger partial charge in [-0.3, -0.25) is 19.6 Å². The second-order valence-electron chi connectivity index (χ2n) is 10.3. The van der Waals surface area contributed by atoms with Crippen molar-refractivity contribution in [1.29, 1.82) is 0 Å². The zero-order chi connectivity index (χ0) is 31.3. The highest BCUT2D eigenvalue weighted by Crippen LogP contribution is 2.50. The number of aliphatic hydroxyl groups excluding tert-OH is 1. The largest absolute Gasteiger partial charge is 0.463 e. The van der Waals surface area contributed by atoms with Gasteiger partial charge in [0.2, 0.25) is 0 Å². The van der Waals surface area contributed by atoms with Gasteiger partial charge in [0, 0.05) is 56.7 Å². The number of nitrogens with zero attached hydrogens (tertiary/aromatic N) is 3. The molecule has 1 fully saturated rings. The fraction of sp³-hybridized carbons (Fsp3) is 0.400. The minimum Gasteiger partial charge on any atom is -0.463 e. The van der Waals surface area contributed by atoms with Crippen LogP contribution in [0.4, 0.5) is 26.3 Å². The molecular weight excluding hydrogens is 580 g/mol. The molecule has 43 heavy (non-hydrogen) atoms. The SMILES string of the molecule is O=C(C[C@@H]1CN(Cc2ccc(-c3ccc(C(O)(C(F)(F)F)C(F)(F)F)cc3)cc2)CCN1Cc1ccncc1)OCCO. The number of piperazine rings is 1. The number of carbonyl (C=O) groups excluding carboxylic acids is 1. The molecule has 0 amide bonds. The van der Waals surface area contributed by atoms with Gasteiger partial charge < -0.3 is 14.9 Å². The Hall–Kier alpha value is -3.52. The topological polar surface area (TPSA) is 86.1 Å². The van der Waals surface area contributed by atoms with Crippen LogP contribution in [-0.4, -0.2) is 82.2 Å². The van der Waals surface area contributed by atoms with Crippen molar-refractivity contribution >= 4 is 5.97 Å². The summed E-state index contributed by atoms with van der Waals surface area (Å²) in [5.41, 5.74) is -3.35. The van der Waals surface area contributed by atoms with E-state index in [4.69, 9.17) is 9.84 Å². The third-order valence-corrected chi connectivity index (χ3v) is 7.40. The lowest BCUT2D eigenvalue weighted by Gasteiger charge is -2.41. The minimum absolute atomic E-state index is 0.0692. The van der Waals surface area contributed by atoms with E-state index >= 15 is 0 Å². The molecule has 2 heterocycles. The molecule has 0 saturated carbocycles. The van der Waals surface area contributed by atoms with Crippen LogP contribution in [0.2, 0.25) is 0 Å². The van der Waals surface area contributed by atoms with E-state index in [1.807, 2.05) is 24.3 Å². The average molecular weight is 612 g/mol. The second kappa shape index (κ2) is 13.4. The lowest BCUT2D eigenvalue weighted by atomic mass is 9.90. The van der Waals surface area contributed by atoms with Crippen molar-refractivity contribution in [3.8, 4) is 11.1 Å². The number of hydrogen-bond acceptors (Lipinski definition) is 7. The van der Waals surface area contributed by atoms with Gasteiger partial charge in [0.1, 0.15) is 6.61 Å². The van der Waals surface area contributed by atoms with Crippen molar-refractivity contribution in [2.45, 2.75) is 43.5 Å². The molecule has 1 aliphatic rings. The molecule has 0 bridgehead atoms. The molecule has 232 valence electrons. The van der Waals surface area contributed by atoms with Gasteiger partial charge in [0.25, 0.3) is 5.60 Å². The van der Waals surface area contributed by atoms with Crippen molar-refractivity contribution in [3.63, 3.8) is 0 Å². The van der Waals surface area contributed by atoms with Crippen LogP contribution in [0.25, 0.3) is 11.1 Å². The summed E-state index contributed by atoms with van der Waals surface area (Å²) < 4.78 is 84.2. The number of alkyl halides is 6. The molecular formula is C30H31F6N3O4. The highest BCUT2D eigenvalue weighted by Gasteiger charge is 2.71. The first-order valence-electron chi connectivity index (χ1n) is 13.5. The normalized spacial score (nSPS) is 17.2. The first kappa shape index (κ1) is 32.4. The van der Waals surface area contributed by atoms with E-state index in [2.05, 4.69) is 14.8 Å². The number of pyridine rings is 1. The summed E-state index contributed by atoms with van der Waals surface area (Å²) in [6.45, 7) is 2.83. The van der Waals surface area contributed by atoms with Crippen LogP contribution in [0.1, 0.15) is 23.1 Å². The first-order valence-corrected chi connectivity index (χ1v) is 13.5. The number of halogens is 6. The van der Waals surface area contributed by atoms with E-state index < -0.39 is 29.5 Å². The lowest BCUT2D eigenvalue weighted by Crippen LogP contribution is -2.53. The minimum atomic E-state index is -5.95. The average Bonchev–Trinajstić information content (AvgIpc) is 2.97. The zero-order valence-electron chi connectivity index (χ0n) is 23.0. The number of hydrogen-bond donors (Lipinski definition) is 2. The molecule has 7 nitrogen and oxygen atoms in total. The molecule has 0 spiro atoms. The number of benzene rings is 2. The van der Waals surface area contributed by atoms with Gasteiger partial charge in [-0.05, 0) is 34.4 Å². The number of rotatable bonds is 10. The zero-order valence-corrected chi connectivity index (χ0v) is 23.0. The Bertz CT molecular complexity index is 1320. The number of aliphatic hydroxyl groups is 2. The van der Waals surface area contributed by atoms with Crippen molar-refractivity contribution in [1.82, 2.24) is 14.8 Å². The van der Waals surface area contributed by atoms with Crippen LogP contribution < -0.4 is 0 Å². The van der Waals surface area contributed by atoms with E-state index in [0.29, 0.717) is 49.4 Å². The standard InChI is InChI=1S/C30H31F6N3O4/c31-29(32,33)28(42,30(34,35)36)25-7-5-24(6-8-25)23-3-1-21(2-4-23)18-38-13-14-39(19-22-9-11-37-12-10-22)26(20-38)17-27(41)43-16-15-40/h1-12,26,40,42H,13-20H2/t26-/m1/s1. The summed E-state index contributed by atoms with van der Waals surface area (Å²) in [7, 11) is 0. The molecule has 3 aromatic rings. The lowest BCUT2D eigenvalue weighted by molar-refractivity contribution is -0.376. The van der Waals surface area contributed by atoms with Crippen LogP contribution in [0, 0.1) is 0 Å². The van der Waals surface area contributed by atoms with Crippen LogP contribution in [-0.2, 0) is 28.2 Å². The summed E-state index contributed by atoms with van der Waals surface area (Å²) in [5, 5.41) is 18.6. The van der Waals surface area contributed by atoms with Crippen LogP contribution in [0.3, 0.4) is 0 Å². The van der Waals surface area contributed by atoms with Crippen LogP contribution in [0.5, 0.6) is 0 Å². The van der Waals surface area contributed by atoms with Crippen LogP contribution in [0.15, 0.2) is 73.1 Å². The van der Waals surface area contributed by atoms with Crippen LogP contribution >= 0.6 is 0 Å². The molecule has 2 N–H and O–H groups in total. The Kier molecular flexibility index (Phi) is 10.1. The number of ether oxygens (including phenoxy) is 1. The van der Waals surface area contributed by atoms with E-state index in [-0.39, 0.29) is 25.7 Å². The Morgan fingerprint density at radius 3 is 1.95 bits per heavy atom. The van der Waals surface area contributed by atoms with Crippen molar-refractivity contribution in [2.75, 3.05) is 32.8 Å². The van der Waals surface area contributed by atoms with Gasteiger partial charge in [0.05, 0.1) is 13.0 Å². The summed E-state index contributed by atoms with van der Waals surface area (Å²) in [5.74, 6) is -0.403. The quantitative estimate of drug-likeness (QED) is 0.255.